The normalized spacial score (nSPS) is 10.1. The van der Waals surface area contributed by atoms with Gasteiger partial charge in [0.05, 0.1) is 11.9 Å². The van der Waals surface area contributed by atoms with Crippen LogP contribution in [0, 0.1) is 0 Å². The van der Waals surface area contributed by atoms with Crippen LogP contribution >= 0.6 is 0 Å². The first-order valence-electron chi connectivity index (χ1n) is 3.33. The van der Waals surface area contributed by atoms with Crippen LogP contribution in [0.2, 0.25) is 0 Å². The van der Waals surface area contributed by atoms with Gasteiger partial charge in [-0.1, -0.05) is 6.92 Å². The second kappa shape index (κ2) is 3.22. The van der Waals surface area contributed by atoms with Crippen molar-refractivity contribution >= 4 is 5.95 Å². The summed E-state index contributed by atoms with van der Waals surface area (Å²) >= 11 is 0. The molecule has 0 fully saturated rings. The molecular weight excluding hydrogens is 128 g/mol. The molecule has 0 bridgehead atoms. The zero-order chi connectivity index (χ0) is 7.40. The SMILES string of the molecule is CCNCc1cnc(N)[nH]1. The van der Waals surface area contributed by atoms with E-state index in [0.717, 1.165) is 18.8 Å². The Morgan fingerprint density at radius 1 is 1.80 bits per heavy atom. The number of imidazole rings is 1. The van der Waals surface area contributed by atoms with Crippen LogP contribution in [-0.4, -0.2) is 16.5 Å². The second-order valence-corrected chi connectivity index (χ2v) is 2.07. The van der Waals surface area contributed by atoms with Gasteiger partial charge in [-0.3, -0.25) is 0 Å². The lowest BCUT2D eigenvalue weighted by Crippen LogP contribution is -2.11. The molecule has 4 nitrogen and oxygen atoms in total. The fraction of sp³-hybridized carbons (Fsp3) is 0.500. The Labute approximate surface area is 59.8 Å². The number of H-pyrrole nitrogens is 1. The molecule has 1 rings (SSSR count). The van der Waals surface area contributed by atoms with E-state index in [1.165, 1.54) is 0 Å². The minimum atomic E-state index is 0.480. The second-order valence-electron chi connectivity index (χ2n) is 2.07. The van der Waals surface area contributed by atoms with Crippen molar-refractivity contribution in [3.8, 4) is 0 Å². The van der Waals surface area contributed by atoms with Gasteiger partial charge < -0.3 is 16.0 Å². The highest BCUT2D eigenvalue weighted by Crippen LogP contribution is 1.95. The van der Waals surface area contributed by atoms with E-state index in [1.54, 1.807) is 6.20 Å². The summed E-state index contributed by atoms with van der Waals surface area (Å²) < 4.78 is 0. The Morgan fingerprint density at radius 2 is 2.60 bits per heavy atom. The Morgan fingerprint density at radius 3 is 3.10 bits per heavy atom. The van der Waals surface area contributed by atoms with E-state index in [1.807, 2.05) is 0 Å². The molecule has 0 atom stereocenters. The Balaban J connectivity index is 2.42. The van der Waals surface area contributed by atoms with Crippen LogP contribution in [0.4, 0.5) is 5.95 Å². The van der Waals surface area contributed by atoms with Crippen molar-refractivity contribution in [3.05, 3.63) is 11.9 Å². The molecule has 0 saturated heterocycles. The maximum atomic E-state index is 5.36. The van der Waals surface area contributed by atoms with Crippen molar-refractivity contribution in [2.75, 3.05) is 12.3 Å². The third-order valence-electron chi connectivity index (χ3n) is 1.21. The van der Waals surface area contributed by atoms with E-state index in [-0.39, 0.29) is 0 Å². The van der Waals surface area contributed by atoms with Gasteiger partial charge in [0.2, 0.25) is 0 Å². The fourth-order valence-corrected chi connectivity index (χ4v) is 0.726. The van der Waals surface area contributed by atoms with Crippen molar-refractivity contribution in [1.82, 2.24) is 15.3 Å². The number of hydrogen-bond acceptors (Lipinski definition) is 3. The van der Waals surface area contributed by atoms with Crippen molar-refractivity contribution in [1.29, 1.82) is 0 Å². The first-order valence-corrected chi connectivity index (χ1v) is 3.33. The van der Waals surface area contributed by atoms with Crippen LogP contribution in [0.3, 0.4) is 0 Å². The molecule has 10 heavy (non-hydrogen) atoms. The van der Waals surface area contributed by atoms with Gasteiger partial charge in [0, 0.05) is 6.54 Å². The molecule has 56 valence electrons. The smallest absolute Gasteiger partial charge is 0.197 e. The fourth-order valence-electron chi connectivity index (χ4n) is 0.726. The van der Waals surface area contributed by atoms with Crippen LogP contribution in [0.15, 0.2) is 6.20 Å². The van der Waals surface area contributed by atoms with E-state index < -0.39 is 0 Å². The molecule has 1 aromatic heterocycles. The summed E-state index contributed by atoms with van der Waals surface area (Å²) in [4.78, 5) is 6.77. The highest BCUT2D eigenvalue weighted by atomic mass is 15.0. The summed E-state index contributed by atoms with van der Waals surface area (Å²) in [6.07, 6.45) is 1.73. The predicted molar refractivity (Wildman–Crippen MR) is 40.4 cm³/mol. The summed E-state index contributed by atoms with van der Waals surface area (Å²) in [7, 11) is 0. The number of aromatic nitrogens is 2. The van der Waals surface area contributed by atoms with Crippen LogP contribution in [0.1, 0.15) is 12.6 Å². The minimum Gasteiger partial charge on any atom is -0.369 e. The average molecular weight is 140 g/mol. The number of nitrogens with two attached hydrogens (primary N) is 1. The maximum Gasteiger partial charge on any atom is 0.197 e. The van der Waals surface area contributed by atoms with Gasteiger partial charge in [0.1, 0.15) is 0 Å². The maximum absolute atomic E-state index is 5.36. The van der Waals surface area contributed by atoms with Crippen molar-refractivity contribution in [2.45, 2.75) is 13.5 Å². The van der Waals surface area contributed by atoms with Crippen molar-refractivity contribution < 1.29 is 0 Å². The van der Waals surface area contributed by atoms with Gasteiger partial charge in [-0.2, -0.15) is 0 Å². The van der Waals surface area contributed by atoms with Gasteiger partial charge in [-0.25, -0.2) is 4.98 Å². The molecule has 0 aliphatic heterocycles. The first kappa shape index (κ1) is 7.08. The number of anilines is 1. The zero-order valence-electron chi connectivity index (χ0n) is 6.02. The lowest BCUT2D eigenvalue weighted by Gasteiger charge is -1.95. The molecular formula is C6H12N4. The molecule has 4 heteroatoms. The molecule has 1 aromatic rings. The topological polar surface area (TPSA) is 66.7 Å². The number of aromatic amines is 1. The number of rotatable bonds is 3. The van der Waals surface area contributed by atoms with E-state index in [2.05, 4.69) is 22.2 Å². The quantitative estimate of drug-likeness (QED) is 0.558. The van der Waals surface area contributed by atoms with E-state index in [0.29, 0.717) is 5.95 Å². The van der Waals surface area contributed by atoms with Gasteiger partial charge >= 0.3 is 0 Å². The summed E-state index contributed by atoms with van der Waals surface area (Å²) in [5.74, 6) is 0.480. The molecule has 0 aromatic carbocycles. The molecule has 0 amide bonds. The third-order valence-corrected chi connectivity index (χ3v) is 1.21. The molecule has 0 spiro atoms. The van der Waals surface area contributed by atoms with Crippen LogP contribution < -0.4 is 11.1 Å². The lowest BCUT2D eigenvalue weighted by molar-refractivity contribution is 0.714. The van der Waals surface area contributed by atoms with E-state index >= 15 is 0 Å². The lowest BCUT2D eigenvalue weighted by atomic mass is 10.5. The number of nitrogens with one attached hydrogen (secondary N) is 2. The van der Waals surface area contributed by atoms with E-state index in [9.17, 15) is 0 Å². The molecule has 1 heterocycles. The van der Waals surface area contributed by atoms with Crippen LogP contribution in [-0.2, 0) is 6.54 Å². The van der Waals surface area contributed by atoms with Gasteiger partial charge in [-0.05, 0) is 6.54 Å². The van der Waals surface area contributed by atoms with Gasteiger partial charge in [-0.15, -0.1) is 0 Å². The highest BCUT2D eigenvalue weighted by Gasteiger charge is 1.93. The van der Waals surface area contributed by atoms with Gasteiger partial charge in [0.25, 0.3) is 0 Å². The number of hydrogen-bond donors (Lipinski definition) is 3. The highest BCUT2D eigenvalue weighted by molar-refractivity contribution is 5.17. The summed E-state index contributed by atoms with van der Waals surface area (Å²) in [5, 5.41) is 3.15. The minimum absolute atomic E-state index is 0.480. The molecule has 0 unspecified atom stereocenters. The molecule has 0 aliphatic rings. The van der Waals surface area contributed by atoms with Crippen molar-refractivity contribution in [2.24, 2.45) is 0 Å². The summed E-state index contributed by atoms with van der Waals surface area (Å²) in [6, 6.07) is 0. The molecule has 0 aliphatic carbocycles. The molecule has 4 N–H and O–H groups in total. The molecule has 0 radical (unpaired) electrons. The Bertz CT molecular complexity index is 193. The number of nitrogens with zero attached hydrogens (tertiary/aromatic N) is 1. The standard InChI is InChI=1S/C6H12N4/c1-2-8-3-5-4-9-6(7)10-5/h4,8H,2-3H2,1H3,(H3,7,9,10). The molecule has 0 saturated carbocycles. The third kappa shape index (κ3) is 1.73. The van der Waals surface area contributed by atoms with Crippen LogP contribution in [0.5, 0.6) is 0 Å². The van der Waals surface area contributed by atoms with Gasteiger partial charge in [0.15, 0.2) is 5.95 Å². The summed E-state index contributed by atoms with van der Waals surface area (Å²) in [6.45, 7) is 3.82. The van der Waals surface area contributed by atoms with Crippen molar-refractivity contribution in [3.63, 3.8) is 0 Å². The predicted octanol–water partition coefficient (Wildman–Crippen LogP) is 0.101. The number of nitrogen functional groups attached to an aromatic ring is 1. The Hall–Kier alpha value is -1.03. The monoisotopic (exact) mass is 140 g/mol. The Kier molecular flexibility index (Phi) is 2.28. The first-order chi connectivity index (χ1) is 4.83. The average Bonchev–Trinajstić information content (AvgIpc) is 2.31. The summed E-state index contributed by atoms with van der Waals surface area (Å²) in [5.41, 5.74) is 6.38. The zero-order valence-corrected chi connectivity index (χ0v) is 6.02. The van der Waals surface area contributed by atoms with E-state index in [4.69, 9.17) is 5.73 Å². The van der Waals surface area contributed by atoms with Crippen LogP contribution in [0.25, 0.3) is 0 Å². The largest absolute Gasteiger partial charge is 0.369 e.